The zero-order valence-corrected chi connectivity index (χ0v) is 13.0. The van der Waals surface area contributed by atoms with E-state index in [4.69, 9.17) is 0 Å². The number of fused-ring (bicyclic) bond motifs is 2. The third-order valence-electron chi connectivity index (χ3n) is 3.80. The molecule has 2 aromatic rings. The molecular weight excluding hydrogens is 357 g/mol. The molecule has 4 rings (SSSR count). The zero-order chi connectivity index (χ0) is 17.9. The Morgan fingerprint density at radius 3 is 2.56 bits per heavy atom. The van der Waals surface area contributed by atoms with Crippen LogP contribution in [0.25, 0.3) is 31.9 Å². The van der Waals surface area contributed by atoms with Crippen LogP contribution in [0.1, 0.15) is 0 Å². The molecule has 126 valence electrons. The van der Waals surface area contributed by atoms with Crippen molar-refractivity contribution < 1.29 is 18.3 Å². The average Bonchev–Trinajstić information content (AvgIpc) is 2.57. The smallest absolute Gasteiger partial charge is 0.449 e. The molecule has 0 radical (unpaired) electrons. The van der Waals surface area contributed by atoms with Crippen molar-refractivity contribution in [1.29, 1.82) is 0 Å². The Morgan fingerprint density at radius 2 is 1.84 bits per heavy atom. The second kappa shape index (κ2) is 5.03. The van der Waals surface area contributed by atoms with Crippen molar-refractivity contribution in [1.82, 2.24) is 9.55 Å². The normalized spacial score (nSPS) is 13.7. The first kappa shape index (κ1) is 15.6. The number of halogens is 3. The largest absolute Gasteiger partial charge is 0.504 e. The van der Waals surface area contributed by atoms with Crippen molar-refractivity contribution in [3.63, 3.8) is 0 Å². The minimum Gasteiger partial charge on any atom is -0.504 e. The Balaban J connectivity index is 2.46. The van der Waals surface area contributed by atoms with Crippen LogP contribution >= 0.6 is 11.3 Å². The van der Waals surface area contributed by atoms with Crippen LogP contribution in [-0.2, 0) is 0 Å². The average molecular weight is 364 g/mol. The van der Waals surface area contributed by atoms with E-state index in [0.29, 0.717) is 9.40 Å². The van der Waals surface area contributed by atoms with Gasteiger partial charge in [0.25, 0.3) is 5.56 Å². The van der Waals surface area contributed by atoms with Gasteiger partial charge in [0.05, 0.1) is 15.1 Å². The lowest BCUT2D eigenvalue weighted by Crippen LogP contribution is -2.48. The third kappa shape index (κ3) is 2.12. The molecule has 2 aliphatic heterocycles. The van der Waals surface area contributed by atoms with Gasteiger partial charge in [-0.25, -0.2) is 4.98 Å². The standard InChI is InChI=1S/C16H7F3N2O3S/c17-16(18,19)13(23)10-12(22)7-3-1-4-8-11(7)21(15(10)24)14-9(25-8)5-2-6-20-14/h1-6,23H. The van der Waals surface area contributed by atoms with Crippen LogP contribution in [0.15, 0.2) is 46.1 Å². The lowest BCUT2D eigenvalue weighted by atomic mass is 10.1. The highest BCUT2D eigenvalue weighted by Crippen LogP contribution is 2.31. The third-order valence-corrected chi connectivity index (χ3v) is 4.89. The minimum absolute atomic E-state index is 0.0910. The van der Waals surface area contributed by atoms with E-state index in [9.17, 15) is 27.9 Å². The van der Waals surface area contributed by atoms with Crippen molar-refractivity contribution in [3.05, 3.63) is 62.3 Å². The molecule has 0 unspecified atom stereocenters. The summed E-state index contributed by atoms with van der Waals surface area (Å²) in [5.41, 5.74) is -2.10. The number of benzene rings is 1. The second-order valence-electron chi connectivity index (χ2n) is 5.27. The number of nitrogens with zero attached hydrogens (tertiary/aromatic N) is 2. The molecule has 3 heterocycles. The maximum Gasteiger partial charge on any atom is 0.449 e. The summed E-state index contributed by atoms with van der Waals surface area (Å²) in [6.07, 6.45) is -3.82. The number of aromatic nitrogens is 2. The van der Waals surface area contributed by atoms with Crippen LogP contribution in [0.4, 0.5) is 13.2 Å². The quantitative estimate of drug-likeness (QED) is 0.384. The summed E-state index contributed by atoms with van der Waals surface area (Å²) >= 11 is 1.26. The molecule has 0 saturated carbocycles. The SMILES string of the molecule is O=c1c(=C(O)C(F)(F)F)c(=O)n2c3ncccc3sc3cccc1c3-2. The summed E-state index contributed by atoms with van der Waals surface area (Å²) in [6.45, 7) is 0. The maximum atomic E-state index is 12.9. The molecular formula is C16H7F3N2O3S. The van der Waals surface area contributed by atoms with E-state index in [-0.39, 0.29) is 16.7 Å². The van der Waals surface area contributed by atoms with Gasteiger partial charge in [-0.3, -0.25) is 14.2 Å². The van der Waals surface area contributed by atoms with E-state index >= 15 is 0 Å². The van der Waals surface area contributed by atoms with Crippen molar-refractivity contribution in [2.45, 2.75) is 6.18 Å². The predicted octanol–water partition coefficient (Wildman–Crippen LogP) is 2.35. The Hall–Kier alpha value is -2.94. The molecule has 1 N–H and O–H groups in total. The van der Waals surface area contributed by atoms with Crippen molar-refractivity contribution in [2.75, 3.05) is 0 Å². The predicted molar refractivity (Wildman–Crippen MR) is 87.5 cm³/mol. The minimum atomic E-state index is -5.22. The summed E-state index contributed by atoms with van der Waals surface area (Å²) in [6, 6.07) is 7.78. The Kier molecular flexibility index (Phi) is 3.13. The first-order valence-corrected chi connectivity index (χ1v) is 7.78. The highest BCUT2D eigenvalue weighted by atomic mass is 32.1. The number of aliphatic hydroxyl groups is 1. The molecule has 0 bridgehead atoms. The molecule has 0 fully saturated rings. The fourth-order valence-corrected chi connectivity index (χ4v) is 3.83. The summed E-state index contributed by atoms with van der Waals surface area (Å²) in [5.74, 6) is -2.20. The first-order chi connectivity index (χ1) is 11.8. The van der Waals surface area contributed by atoms with E-state index in [1.807, 2.05) is 0 Å². The first-order valence-electron chi connectivity index (χ1n) is 6.96. The number of hydrogen-bond acceptors (Lipinski definition) is 5. The van der Waals surface area contributed by atoms with E-state index in [2.05, 4.69) is 4.98 Å². The monoisotopic (exact) mass is 364 g/mol. The number of hydrogen-bond donors (Lipinski definition) is 1. The molecule has 0 atom stereocenters. The molecule has 25 heavy (non-hydrogen) atoms. The van der Waals surface area contributed by atoms with Crippen molar-refractivity contribution >= 4 is 37.5 Å². The highest BCUT2D eigenvalue weighted by Gasteiger charge is 2.37. The van der Waals surface area contributed by atoms with Crippen LogP contribution in [0.3, 0.4) is 0 Å². The van der Waals surface area contributed by atoms with Gasteiger partial charge in [-0.15, -0.1) is 11.3 Å². The topological polar surface area (TPSA) is 72.2 Å². The van der Waals surface area contributed by atoms with Gasteiger partial charge >= 0.3 is 6.18 Å². The Bertz CT molecular complexity index is 1290. The Morgan fingerprint density at radius 1 is 1.12 bits per heavy atom. The number of aliphatic hydroxyl groups excluding tert-OH is 1. The van der Waals surface area contributed by atoms with Gasteiger partial charge in [0.15, 0.2) is 5.65 Å². The maximum absolute atomic E-state index is 12.9. The number of alkyl halides is 3. The van der Waals surface area contributed by atoms with Crippen molar-refractivity contribution in [2.24, 2.45) is 0 Å². The Labute approximate surface area is 140 Å². The summed E-state index contributed by atoms with van der Waals surface area (Å²) in [4.78, 5) is 29.2. The lowest BCUT2D eigenvalue weighted by molar-refractivity contribution is -0.0898. The number of para-hydroxylation sites is 1. The number of pyridine rings is 2. The van der Waals surface area contributed by atoms with Gasteiger partial charge in [0, 0.05) is 11.6 Å². The second-order valence-corrected chi connectivity index (χ2v) is 6.35. The van der Waals surface area contributed by atoms with Crippen LogP contribution in [0.2, 0.25) is 0 Å². The zero-order valence-electron chi connectivity index (χ0n) is 12.2. The molecule has 0 amide bonds. The van der Waals surface area contributed by atoms with Gasteiger partial charge in [0.1, 0.15) is 5.22 Å². The molecule has 9 heteroatoms. The van der Waals surface area contributed by atoms with Crippen molar-refractivity contribution in [3.8, 4) is 5.69 Å². The van der Waals surface area contributed by atoms with E-state index in [0.717, 1.165) is 4.57 Å². The molecule has 0 aliphatic carbocycles. The van der Waals surface area contributed by atoms with Gasteiger partial charge in [-0.2, -0.15) is 13.2 Å². The lowest BCUT2D eigenvalue weighted by Gasteiger charge is -2.15. The van der Waals surface area contributed by atoms with Crippen LogP contribution in [0, 0.1) is 0 Å². The van der Waals surface area contributed by atoms with Gasteiger partial charge in [-0.05, 0) is 24.3 Å². The molecule has 1 aromatic heterocycles. The van der Waals surface area contributed by atoms with Crippen LogP contribution in [-0.4, -0.2) is 20.8 Å². The summed E-state index contributed by atoms with van der Waals surface area (Å²) in [7, 11) is 0. The molecule has 5 nitrogen and oxygen atoms in total. The molecule has 0 spiro atoms. The summed E-state index contributed by atoms with van der Waals surface area (Å²) in [5, 5.41) is 8.09. The van der Waals surface area contributed by atoms with Gasteiger partial charge in [-0.1, -0.05) is 6.07 Å². The van der Waals surface area contributed by atoms with Gasteiger partial charge < -0.3 is 5.11 Å². The molecule has 0 saturated heterocycles. The molecule has 1 aromatic carbocycles. The molecule has 2 aliphatic rings. The van der Waals surface area contributed by atoms with Crippen LogP contribution < -0.4 is 16.2 Å². The summed E-state index contributed by atoms with van der Waals surface area (Å²) < 4.78 is 40.8. The van der Waals surface area contributed by atoms with Crippen LogP contribution in [0.5, 0.6) is 0 Å². The highest BCUT2D eigenvalue weighted by molar-refractivity contribution is 7.24. The van der Waals surface area contributed by atoms with E-state index < -0.39 is 28.1 Å². The van der Waals surface area contributed by atoms with E-state index in [1.54, 1.807) is 18.2 Å². The fraction of sp³-hybridized carbons (Fsp3) is 0.0625. The number of rotatable bonds is 0. The van der Waals surface area contributed by atoms with Gasteiger partial charge in [0.2, 0.25) is 11.2 Å². The fourth-order valence-electron chi connectivity index (χ4n) is 2.76. The van der Waals surface area contributed by atoms with E-state index in [1.165, 1.54) is 29.7 Å².